The first-order valence-electron chi connectivity index (χ1n) is 4.73. The van der Waals surface area contributed by atoms with Crippen LogP contribution in [-0.4, -0.2) is 16.8 Å². The highest BCUT2D eigenvalue weighted by Gasteiger charge is 2.28. The van der Waals surface area contributed by atoms with Crippen LogP contribution in [0.1, 0.15) is 25.5 Å². The van der Waals surface area contributed by atoms with Gasteiger partial charge in [0.1, 0.15) is 11.6 Å². The third-order valence-corrected chi connectivity index (χ3v) is 2.57. The van der Waals surface area contributed by atoms with Crippen molar-refractivity contribution >= 4 is 0 Å². The standard InChI is InChI=1S/C11H16FNO2/c1-11(2,6-14)10(13)8-4-3-7(15)5-9(8)12/h3-5,10,14-15H,6,13H2,1-2H3/t10-/m0/s1. The summed E-state index contributed by atoms with van der Waals surface area (Å²) in [6, 6.07) is 3.23. The number of benzene rings is 1. The van der Waals surface area contributed by atoms with E-state index in [4.69, 9.17) is 15.9 Å². The Bertz CT molecular complexity index is 352. The van der Waals surface area contributed by atoms with Gasteiger partial charge in [-0.3, -0.25) is 0 Å². The van der Waals surface area contributed by atoms with Gasteiger partial charge in [0.15, 0.2) is 0 Å². The molecule has 1 atom stereocenters. The Morgan fingerprint density at radius 1 is 1.47 bits per heavy atom. The molecule has 84 valence electrons. The third kappa shape index (κ3) is 2.46. The molecule has 4 heteroatoms. The summed E-state index contributed by atoms with van der Waals surface area (Å²) >= 11 is 0. The summed E-state index contributed by atoms with van der Waals surface area (Å²) < 4.78 is 13.4. The summed E-state index contributed by atoms with van der Waals surface area (Å²) in [4.78, 5) is 0. The first kappa shape index (κ1) is 11.9. The van der Waals surface area contributed by atoms with Gasteiger partial charge in [-0.25, -0.2) is 4.39 Å². The zero-order valence-corrected chi connectivity index (χ0v) is 8.87. The summed E-state index contributed by atoms with van der Waals surface area (Å²) in [6.07, 6.45) is 0. The van der Waals surface area contributed by atoms with Crippen molar-refractivity contribution in [3.05, 3.63) is 29.6 Å². The van der Waals surface area contributed by atoms with Gasteiger partial charge >= 0.3 is 0 Å². The maximum atomic E-state index is 13.4. The highest BCUT2D eigenvalue weighted by molar-refractivity contribution is 5.30. The van der Waals surface area contributed by atoms with Crippen LogP contribution in [0.5, 0.6) is 5.75 Å². The van der Waals surface area contributed by atoms with Gasteiger partial charge in [0, 0.05) is 29.7 Å². The van der Waals surface area contributed by atoms with Gasteiger partial charge in [0.2, 0.25) is 0 Å². The van der Waals surface area contributed by atoms with Crippen molar-refractivity contribution in [2.24, 2.45) is 11.1 Å². The molecule has 0 bridgehead atoms. The monoisotopic (exact) mass is 213 g/mol. The van der Waals surface area contributed by atoms with Crippen LogP contribution in [0, 0.1) is 11.2 Å². The van der Waals surface area contributed by atoms with Gasteiger partial charge in [0.05, 0.1) is 0 Å². The van der Waals surface area contributed by atoms with Crippen molar-refractivity contribution in [1.29, 1.82) is 0 Å². The Hall–Kier alpha value is -1.13. The van der Waals surface area contributed by atoms with Gasteiger partial charge < -0.3 is 15.9 Å². The van der Waals surface area contributed by atoms with Crippen LogP contribution in [0.3, 0.4) is 0 Å². The van der Waals surface area contributed by atoms with Crippen LogP contribution in [0.4, 0.5) is 4.39 Å². The lowest BCUT2D eigenvalue weighted by molar-refractivity contribution is 0.131. The molecule has 0 amide bonds. The molecule has 0 aliphatic carbocycles. The molecule has 0 aliphatic heterocycles. The van der Waals surface area contributed by atoms with Gasteiger partial charge in [-0.05, 0) is 6.07 Å². The zero-order valence-electron chi connectivity index (χ0n) is 8.87. The number of halogens is 1. The zero-order chi connectivity index (χ0) is 11.6. The predicted molar refractivity (Wildman–Crippen MR) is 55.9 cm³/mol. The summed E-state index contributed by atoms with van der Waals surface area (Å²) in [5.74, 6) is -0.686. The second-order valence-electron chi connectivity index (χ2n) is 4.33. The molecule has 0 aliphatic rings. The number of aliphatic hydroxyl groups is 1. The maximum Gasteiger partial charge on any atom is 0.131 e. The van der Waals surface area contributed by atoms with Gasteiger partial charge in [-0.2, -0.15) is 0 Å². The molecule has 4 N–H and O–H groups in total. The summed E-state index contributed by atoms with van der Waals surface area (Å²) in [7, 11) is 0. The van der Waals surface area contributed by atoms with E-state index in [2.05, 4.69) is 0 Å². The second kappa shape index (κ2) is 4.16. The van der Waals surface area contributed by atoms with Crippen LogP contribution >= 0.6 is 0 Å². The van der Waals surface area contributed by atoms with Crippen molar-refractivity contribution in [2.45, 2.75) is 19.9 Å². The van der Waals surface area contributed by atoms with Gasteiger partial charge in [0.25, 0.3) is 0 Å². The number of nitrogens with two attached hydrogens (primary N) is 1. The van der Waals surface area contributed by atoms with Crippen molar-refractivity contribution in [3.8, 4) is 5.75 Å². The Labute approximate surface area is 88.4 Å². The first-order chi connectivity index (χ1) is 6.88. The summed E-state index contributed by atoms with van der Waals surface area (Å²) in [6.45, 7) is 3.38. The number of aliphatic hydroxyl groups excluding tert-OH is 1. The van der Waals surface area contributed by atoms with Gasteiger partial charge in [-0.15, -0.1) is 0 Å². The molecule has 0 saturated carbocycles. The number of rotatable bonds is 3. The number of phenolic OH excluding ortho intramolecular Hbond substituents is 1. The highest BCUT2D eigenvalue weighted by Crippen LogP contribution is 2.32. The van der Waals surface area contributed by atoms with E-state index in [0.29, 0.717) is 5.56 Å². The molecule has 0 spiro atoms. The van der Waals surface area contributed by atoms with E-state index < -0.39 is 17.3 Å². The van der Waals surface area contributed by atoms with E-state index in [0.717, 1.165) is 6.07 Å². The van der Waals surface area contributed by atoms with Crippen molar-refractivity contribution < 1.29 is 14.6 Å². The van der Waals surface area contributed by atoms with Crippen molar-refractivity contribution in [2.75, 3.05) is 6.61 Å². The Morgan fingerprint density at radius 3 is 2.53 bits per heavy atom. The minimum Gasteiger partial charge on any atom is -0.508 e. The Balaban J connectivity index is 3.06. The average Bonchev–Trinajstić information content (AvgIpc) is 2.17. The van der Waals surface area contributed by atoms with Crippen LogP contribution < -0.4 is 5.73 Å². The number of phenols is 1. The van der Waals surface area contributed by atoms with E-state index in [-0.39, 0.29) is 12.4 Å². The number of hydrogen-bond acceptors (Lipinski definition) is 3. The van der Waals surface area contributed by atoms with E-state index >= 15 is 0 Å². The second-order valence-corrected chi connectivity index (χ2v) is 4.33. The lowest BCUT2D eigenvalue weighted by Gasteiger charge is -2.29. The molecule has 1 aromatic carbocycles. The molecule has 0 radical (unpaired) electrons. The minimum atomic E-state index is -0.608. The number of hydrogen-bond donors (Lipinski definition) is 3. The fourth-order valence-corrected chi connectivity index (χ4v) is 1.29. The molecule has 3 nitrogen and oxygen atoms in total. The molecule has 0 saturated heterocycles. The van der Waals surface area contributed by atoms with Crippen molar-refractivity contribution in [3.63, 3.8) is 0 Å². The SMILES string of the molecule is CC(C)(CO)[C@@H](N)c1ccc(O)cc1F. The van der Waals surface area contributed by atoms with Crippen LogP contribution in [0.2, 0.25) is 0 Å². The molecule has 1 rings (SSSR count). The van der Waals surface area contributed by atoms with E-state index in [9.17, 15) is 4.39 Å². The average molecular weight is 213 g/mol. The molecular formula is C11H16FNO2. The molecule has 0 unspecified atom stereocenters. The lowest BCUT2D eigenvalue weighted by Crippen LogP contribution is -2.33. The largest absolute Gasteiger partial charge is 0.508 e. The fourth-order valence-electron chi connectivity index (χ4n) is 1.29. The first-order valence-corrected chi connectivity index (χ1v) is 4.73. The molecule has 15 heavy (non-hydrogen) atoms. The lowest BCUT2D eigenvalue weighted by atomic mass is 9.81. The normalized spacial score (nSPS) is 13.9. The summed E-state index contributed by atoms with van der Waals surface area (Å²) in [5, 5.41) is 18.2. The van der Waals surface area contributed by atoms with Crippen molar-refractivity contribution in [1.82, 2.24) is 0 Å². The van der Waals surface area contributed by atoms with Crippen LogP contribution in [0.25, 0.3) is 0 Å². The van der Waals surface area contributed by atoms with E-state index in [1.54, 1.807) is 13.8 Å². The number of aromatic hydroxyl groups is 1. The fraction of sp³-hybridized carbons (Fsp3) is 0.455. The molecular weight excluding hydrogens is 197 g/mol. The van der Waals surface area contributed by atoms with Crippen LogP contribution in [0.15, 0.2) is 18.2 Å². The third-order valence-electron chi connectivity index (χ3n) is 2.57. The van der Waals surface area contributed by atoms with E-state index in [1.807, 2.05) is 0 Å². The Morgan fingerprint density at radius 2 is 2.07 bits per heavy atom. The topological polar surface area (TPSA) is 66.5 Å². The highest BCUT2D eigenvalue weighted by atomic mass is 19.1. The van der Waals surface area contributed by atoms with Gasteiger partial charge in [-0.1, -0.05) is 19.9 Å². The smallest absolute Gasteiger partial charge is 0.131 e. The predicted octanol–water partition coefficient (Wildman–Crippen LogP) is 1.55. The van der Waals surface area contributed by atoms with E-state index in [1.165, 1.54) is 12.1 Å². The van der Waals surface area contributed by atoms with Crippen LogP contribution in [-0.2, 0) is 0 Å². The maximum absolute atomic E-state index is 13.4. The minimum absolute atomic E-state index is 0.130. The Kier molecular flexibility index (Phi) is 3.31. The molecule has 0 fully saturated rings. The quantitative estimate of drug-likeness (QED) is 0.713. The molecule has 0 aromatic heterocycles. The molecule has 0 heterocycles. The summed E-state index contributed by atoms with van der Waals surface area (Å²) in [5.41, 5.74) is 5.55. The molecule has 1 aromatic rings.